The predicted octanol–water partition coefficient (Wildman–Crippen LogP) is 3.55. The molecule has 0 aliphatic rings. The van der Waals surface area contributed by atoms with Crippen LogP contribution in [0, 0.1) is 11.3 Å². The van der Waals surface area contributed by atoms with Crippen molar-refractivity contribution < 1.29 is 0 Å². The topological polar surface area (TPSA) is 75.3 Å². The fourth-order valence-corrected chi connectivity index (χ4v) is 3.28. The normalized spacial score (nSPS) is 12.2. The molecule has 0 spiro atoms. The Bertz CT molecular complexity index is 795. The Morgan fingerprint density at radius 1 is 1.25 bits per heavy atom. The number of fused-ring (bicyclic) bond motifs is 1. The summed E-state index contributed by atoms with van der Waals surface area (Å²) >= 11 is 10.4. The van der Waals surface area contributed by atoms with Gasteiger partial charge in [0.25, 0.3) is 0 Å². The minimum Gasteiger partial charge on any atom is -0.239 e. The molecule has 0 amide bonds. The van der Waals surface area contributed by atoms with Gasteiger partial charge >= 0.3 is 0 Å². The lowest BCUT2D eigenvalue weighted by atomic mass is 10.1. The van der Waals surface area contributed by atoms with Gasteiger partial charge in [-0.1, -0.05) is 12.1 Å². The maximum Gasteiger partial charge on any atom is 0.243 e. The summed E-state index contributed by atoms with van der Waals surface area (Å²) in [6.45, 7) is 0. The van der Waals surface area contributed by atoms with E-state index in [1.54, 1.807) is 0 Å². The number of hydrogen-bond donors (Lipinski definition) is 0. The largest absolute Gasteiger partial charge is 0.243 e. The summed E-state index contributed by atoms with van der Waals surface area (Å²) in [7, 11) is 0. The first kappa shape index (κ1) is 13.4. The van der Waals surface area contributed by atoms with Crippen LogP contribution in [-0.2, 0) is 0 Å². The van der Waals surface area contributed by atoms with E-state index in [9.17, 15) is 5.26 Å². The lowest BCUT2D eigenvalue weighted by Gasteiger charge is -2.06. The fraction of sp³-hybridized carbons (Fsp3) is 0.0833. The third-order valence-electron chi connectivity index (χ3n) is 2.60. The van der Waals surface area contributed by atoms with Crippen molar-refractivity contribution in [3.8, 4) is 6.07 Å². The van der Waals surface area contributed by atoms with E-state index in [0.29, 0.717) is 15.3 Å². The molecule has 3 aromatic rings. The predicted molar refractivity (Wildman–Crippen MR) is 79.6 cm³/mol. The molecule has 0 aliphatic heterocycles. The van der Waals surface area contributed by atoms with Crippen LogP contribution in [0.4, 0.5) is 0 Å². The Morgan fingerprint density at radius 2 is 2.05 bits per heavy atom. The van der Waals surface area contributed by atoms with E-state index in [0.717, 1.165) is 10.2 Å². The molecule has 2 aromatic heterocycles. The van der Waals surface area contributed by atoms with Gasteiger partial charge in [-0.25, -0.2) is 9.97 Å². The lowest BCUT2D eigenvalue weighted by Crippen LogP contribution is -2.05. The van der Waals surface area contributed by atoms with Crippen LogP contribution in [0.1, 0.15) is 16.6 Å². The molecule has 1 aromatic carbocycles. The average Bonchev–Trinajstić information content (AvgIpc) is 2.87. The highest BCUT2D eigenvalue weighted by Gasteiger charge is 2.23. The van der Waals surface area contributed by atoms with Crippen LogP contribution in [0.25, 0.3) is 10.2 Å². The number of rotatable bonds is 2. The van der Waals surface area contributed by atoms with Gasteiger partial charge in [-0.05, 0) is 39.7 Å². The van der Waals surface area contributed by atoms with Crippen LogP contribution in [0.15, 0.2) is 28.9 Å². The van der Waals surface area contributed by atoms with Crippen LogP contribution in [-0.4, -0.2) is 20.2 Å². The first-order valence-electron chi connectivity index (χ1n) is 5.49. The van der Waals surface area contributed by atoms with Crippen molar-refractivity contribution in [2.45, 2.75) is 5.92 Å². The minimum atomic E-state index is -0.630. The van der Waals surface area contributed by atoms with Crippen molar-refractivity contribution >= 4 is 49.1 Å². The Balaban J connectivity index is 2.14. The van der Waals surface area contributed by atoms with Gasteiger partial charge < -0.3 is 0 Å². The van der Waals surface area contributed by atoms with Crippen molar-refractivity contribution in [2.24, 2.45) is 0 Å². The Morgan fingerprint density at radius 3 is 2.80 bits per heavy atom. The number of aromatic nitrogens is 4. The molecule has 0 saturated heterocycles. The maximum atomic E-state index is 9.44. The standard InChI is InChI=1S/C12H5BrClN5S/c13-10-9(17-12(14)19-18-10)6(5-15)11-16-7-3-1-2-4-8(7)20-11/h1-4,6H/t6-/m1/s1. The third kappa shape index (κ3) is 2.38. The summed E-state index contributed by atoms with van der Waals surface area (Å²) in [5.41, 5.74) is 1.28. The molecule has 8 heteroatoms. The first-order chi connectivity index (χ1) is 9.69. The SMILES string of the molecule is N#C[C@@H](c1nc2ccccc2s1)c1nc(Cl)nnc1Br. The van der Waals surface area contributed by atoms with Gasteiger partial charge in [0, 0.05) is 0 Å². The second-order valence-electron chi connectivity index (χ2n) is 3.84. The zero-order valence-electron chi connectivity index (χ0n) is 9.79. The summed E-state index contributed by atoms with van der Waals surface area (Å²) in [6.07, 6.45) is 0. The maximum absolute atomic E-state index is 9.44. The smallest absolute Gasteiger partial charge is 0.239 e. The molecular weight excluding hydrogens is 362 g/mol. The molecule has 3 rings (SSSR count). The summed E-state index contributed by atoms with van der Waals surface area (Å²) < 4.78 is 1.42. The number of halogens is 2. The van der Waals surface area contributed by atoms with Gasteiger partial charge in [0.15, 0.2) is 4.60 Å². The van der Waals surface area contributed by atoms with Crippen LogP contribution >= 0.6 is 38.9 Å². The molecule has 0 radical (unpaired) electrons. The molecular formula is C12H5BrClN5S. The van der Waals surface area contributed by atoms with Crippen molar-refractivity contribution in [1.82, 2.24) is 20.2 Å². The van der Waals surface area contributed by atoms with Crippen LogP contribution in [0.5, 0.6) is 0 Å². The van der Waals surface area contributed by atoms with Gasteiger partial charge in [0.1, 0.15) is 16.6 Å². The zero-order valence-corrected chi connectivity index (χ0v) is 12.9. The molecule has 20 heavy (non-hydrogen) atoms. The second-order valence-corrected chi connectivity index (χ2v) is 5.99. The zero-order chi connectivity index (χ0) is 14.1. The highest BCUT2D eigenvalue weighted by molar-refractivity contribution is 9.10. The van der Waals surface area contributed by atoms with Gasteiger partial charge in [0.2, 0.25) is 5.28 Å². The van der Waals surface area contributed by atoms with E-state index in [1.807, 2.05) is 24.3 Å². The van der Waals surface area contributed by atoms with Crippen LogP contribution in [0.3, 0.4) is 0 Å². The summed E-state index contributed by atoms with van der Waals surface area (Å²) in [6, 6.07) is 9.91. The molecule has 5 nitrogen and oxygen atoms in total. The molecule has 0 N–H and O–H groups in total. The average molecular weight is 367 g/mol. The number of thiazole rings is 1. The van der Waals surface area contributed by atoms with E-state index in [-0.39, 0.29) is 5.28 Å². The molecule has 2 heterocycles. The highest BCUT2D eigenvalue weighted by atomic mass is 79.9. The van der Waals surface area contributed by atoms with E-state index >= 15 is 0 Å². The second kappa shape index (κ2) is 5.40. The Kier molecular flexibility index (Phi) is 3.61. The minimum absolute atomic E-state index is 0.00422. The van der Waals surface area contributed by atoms with Crippen molar-refractivity contribution in [1.29, 1.82) is 5.26 Å². The summed E-state index contributed by atoms with van der Waals surface area (Å²) in [5.74, 6) is -0.630. The molecule has 98 valence electrons. The third-order valence-corrected chi connectivity index (χ3v) is 4.43. The molecule has 0 saturated carbocycles. The molecule has 0 fully saturated rings. The first-order valence-corrected chi connectivity index (χ1v) is 7.48. The molecule has 0 unspecified atom stereocenters. The van der Waals surface area contributed by atoms with E-state index < -0.39 is 5.92 Å². The number of benzene rings is 1. The summed E-state index contributed by atoms with van der Waals surface area (Å²) in [5, 5.41) is 17.5. The molecule has 1 atom stereocenters. The van der Waals surface area contributed by atoms with Gasteiger partial charge in [0.05, 0.1) is 16.3 Å². The van der Waals surface area contributed by atoms with Crippen molar-refractivity contribution in [3.63, 3.8) is 0 Å². The summed E-state index contributed by atoms with van der Waals surface area (Å²) in [4.78, 5) is 8.55. The monoisotopic (exact) mass is 365 g/mol. The Labute approximate surface area is 131 Å². The van der Waals surface area contributed by atoms with Crippen molar-refractivity contribution in [2.75, 3.05) is 0 Å². The lowest BCUT2D eigenvalue weighted by molar-refractivity contribution is 0.850. The molecule has 0 bridgehead atoms. The van der Waals surface area contributed by atoms with Gasteiger partial charge in [-0.15, -0.1) is 21.5 Å². The molecule has 0 aliphatic carbocycles. The fourth-order valence-electron chi connectivity index (χ4n) is 1.73. The van der Waals surface area contributed by atoms with E-state index in [4.69, 9.17) is 11.6 Å². The number of hydrogen-bond acceptors (Lipinski definition) is 6. The van der Waals surface area contributed by atoms with Crippen LogP contribution < -0.4 is 0 Å². The van der Waals surface area contributed by atoms with E-state index in [1.165, 1.54) is 11.3 Å². The van der Waals surface area contributed by atoms with Gasteiger partial charge in [-0.3, -0.25) is 0 Å². The van der Waals surface area contributed by atoms with Crippen LogP contribution in [0.2, 0.25) is 5.28 Å². The highest BCUT2D eigenvalue weighted by Crippen LogP contribution is 2.33. The quantitative estimate of drug-likeness (QED) is 0.693. The Hall–Kier alpha value is -1.62. The van der Waals surface area contributed by atoms with E-state index in [2.05, 4.69) is 42.2 Å². The number of nitrogens with zero attached hydrogens (tertiary/aromatic N) is 5. The van der Waals surface area contributed by atoms with Gasteiger partial charge in [-0.2, -0.15) is 5.26 Å². The number of nitriles is 1. The number of para-hydroxylation sites is 1. The van der Waals surface area contributed by atoms with Crippen molar-refractivity contribution in [3.05, 3.63) is 44.9 Å².